The van der Waals surface area contributed by atoms with E-state index in [-0.39, 0.29) is 0 Å². The lowest BCUT2D eigenvalue weighted by molar-refractivity contribution is 0.262. The Balaban J connectivity index is 1.98. The van der Waals surface area contributed by atoms with Gasteiger partial charge in [-0.05, 0) is 19.4 Å². The molecule has 0 aliphatic heterocycles. The van der Waals surface area contributed by atoms with Gasteiger partial charge in [0.25, 0.3) is 0 Å². The van der Waals surface area contributed by atoms with Gasteiger partial charge >= 0.3 is 6.03 Å². The third-order valence-corrected chi connectivity index (χ3v) is 3.06. The van der Waals surface area contributed by atoms with Gasteiger partial charge in [0.15, 0.2) is 11.6 Å². The van der Waals surface area contributed by atoms with Gasteiger partial charge in [0.2, 0.25) is 0 Å². The van der Waals surface area contributed by atoms with Gasteiger partial charge in [-0.2, -0.15) is 0 Å². The number of aromatic nitrogens is 4. The Morgan fingerprint density at radius 1 is 1.41 bits per heavy atom. The molecular formula is C14H20N6O2. The highest BCUT2D eigenvalue weighted by Gasteiger charge is 2.11. The van der Waals surface area contributed by atoms with Crippen molar-refractivity contribution < 1.29 is 9.53 Å². The number of hydrogen-bond acceptors (Lipinski definition) is 5. The van der Waals surface area contributed by atoms with Gasteiger partial charge < -0.3 is 10.1 Å². The second-order valence-corrected chi connectivity index (χ2v) is 4.78. The number of nitrogens with zero attached hydrogens (tertiary/aromatic N) is 4. The standard InChI is InChI=1S/C14H20N6O2/c1-4-5-8-20-9-12(18-19-20)17-14(21)16-11-6-7-15-10(2)13(11)22-3/h6-7,9H,4-5,8H2,1-3H3,(H2,15,16,17,21). The number of urea groups is 1. The molecule has 0 atom stereocenters. The molecule has 0 spiro atoms. The van der Waals surface area contributed by atoms with Crippen molar-refractivity contribution in [3.05, 3.63) is 24.2 Å². The van der Waals surface area contributed by atoms with E-state index in [0.717, 1.165) is 19.4 Å². The molecule has 22 heavy (non-hydrogen) atoms. The molecule has 8 heteroatoms. The summed E-state index contributed by atoms with van der Waals surface area (Å²) in [4.78, 5) is 16.1. The van der Waals surface area contributed by atoms with Crippen LogP contribution in [0.3, 0.4) is 0 Å². The molecule has 8 nitrogen and oxygen atoms in total. The highest BCUT2D eigenvalue weighted by atomic mass is 16.5. The monoisotopic (exact) mass is 304 g/mol. The van der Waals surface area contributed by atoms with Crippen LogP contribution in [0.5, 0.6) is 5.75 Å². The first-order valence-corrected chi connectivity index (χ1v) is 7.11. The van der Waals surface area contributed by atoms with Crippen LogP contribution in [0.4, 0.5) is 16.3 Å². The van der Waals surface area contributed by atoms with E-state index in [1.165, 1.54) is 7.11 Å². The van der Waals surface area contributed by atoms with E-state index < -0.39 is 6.03 Å². The Hall–Kier alpha value is -2.64. The fraction of sp³-hybridized carbons (Fsp3) is 0.429. The Labute approximate surface area is 128 Å². The van der Waals surface area contributed by atoms with E-state index in [1.54, 1.807) is 30.1 Å². The maximum Gasteiger partial charge on any atom is 0.325 e. The zero-order valence-corrected chi connectivity index (χ0v) is 13.0. The summed E-state index contributed by atoms with van der Waals surface area (Å²) < 4.78 is 6.94. The number of unbranched alkanes of at least 4 members (excludes halogenated alkanes) is 1. The molecule has 0 fully saturated rings. The number of pyridine rings is 1. The van der Waals surface area contributed by atoms with Gasteiger partial charge in [-0.25, -0.2) is 4.79 Å². The molecule has 0 saturated heterocycles. The van der Waals surface area contributed by atoms with E-state index in [9.17, 15) is 4.79 Å². The number of ether oxygens (including phenoxy) is 1. The summed E-state index contributed by atoms with van der Waals surface area (Å²) in [7, 11) is 1.53. The first kappa shape index (κ1) is 15.7. The van der Waals surface area contributed by atoms with Crippen LogP contribution in [0, 0.1) is 6.92 Å². The van der Waals surface area contributed by atoms with Crippen molar-refractivity contribution in [1.29, 1.82) is 0 Å². The number of aryl methyl sites for hydroxylation is 2. The van der Waals surface area contributed by atoms with E-state index in [0.29, 0.717) is 22.9 Å². The number of amides is 2. The van der Waals surface area contributed by atoms with Crippen molar-refractivity contribution in [1.82, 2.24) is 20.0 Å². The third kappa shape index (κ3) is 3.94. The van der Waals surface area contributed by atoms with Crippen molar-refractivity contribution in [2.75, 3.05) is 17.7 Å². The quantitative estimate of drug-likeness (QED) is 0.854. The molecule has 0 aliphatic rings. The lowest BCUT2D eigenvalue weighted by atomic mass is 10.3. The van der Waals surface area contributed by atoms with Gasteiger partial charge in [-0.1, -0.05) is 18.6 Å². The first-order valence-electron chi connectivity index (χ1n) is 7.11. The maximum absolute atomic E-state index is 12.0. The molecular weight excluding hydrogens is 284 g/mol. The summed E-state index contributed by atoms with van der Waals surface area (Å²) in [6.07, 6.45) is 5.39. The highest BCUT2D eigenvalue weighted by molar-refractivity contribution is 6.00. The molecule has 118 valence electrons. The molecule has 2 amide bonds. The van der Waals surface area contributed by atoms with Gasteiger partial charge in [0.1, 0.15) is 0 Å². The van der Waals surface area contributed by atoms with Crippen LogP contribution in [-0.4, -0.2) is 33.1 Å². The summed E-state index contributed by atoms with van der Waals surface area (Å²) in [5, 5.41) is 13.2. The second kappa shape index (κ2) is 7.39. The number of carbonyl (C=O) groups is 1. The second-order valence-electron chi connectivity index (χ2n) is 4.78. The summed E-state index contributed by atoms with van der Waals surface area (Å²) in [6.45, 7) is 4.69. The van der Waals surface area contributed by atoms with Crippen LogP contribution in [0.2, 0.25) is 0 Å². The lowest BCUT2D eigenvalue weighted by Crippen LogP contribution is -2.20. The number of methoxy groups -OCH3 is 1. The number of hydrogen-bond donors (Lipinski definition) is 2. The molecule has 0 saturated carbocycles. The van der Waals surface area contributed by atoms with Crippen LogP contribution >= 0.6 is 0 Å². The van der Waals surface area contributed by atoms with Crippen molar-refractivity contribution in [3.8, 4) is 5.75 Å². The highest BCUT2D eigenvalue weighted by Crippen LogP contribution is 2.26. The van der Waals surface area contributed by atoms with E-state index >= 15 is 0 Å². The Bertz CT molecular complexity index is 640. The average Bonchev–Trinajstić information content (AvgIpc) is 2.92. The molecule has 0 aliphatic carbocycles. The van der Waals surface area contributed by atoms with E-state index in [4.69, 9.17) is 4.74 Å². The minimum absolute atomic E-state index is 0.401. The average molecular weight is 304 g/mol. The summed E-state index contributed by atoms with van der Waals surface area (Å²) in [5.74, 6) is 0.933. The zero-order chi connectivity index (χ0) is 15.9. The summed E-state index contributed by atoms with van der Waals surface area (Å²) in [6, 6.07) is 1.26. The zero-order valence-electron chi connectivity index (χ0n) is 13.0. The Morgan fingerprint density at radius 3 is 2.95 bits per heavy atom. The molecule has 0 radical (unpaired) electrons. The smallest absolute Gasteiger partial charge is 0.325 e. The molecule has 2 aromatic rings. The fourth-order valence-corrected chi connectivity index (χ4v) is 1.96. The van der Waals surface area contributed by atoms with Crippen LogP contribution in [0.25, 0.3) is 0 Å². The van der Waals surface area contributed by atoms with Crippen molar-refractivity contribution >= 4 is 17.5 Å². The van der Waals surface area contributed by atoms with Gasteiger partial charge in [-0.3, -0.25) is 15.0 Å². The van der Waals surface area contributed by atoms with Crippen molar-refractivity contribution in [2.24, 2.45) is 0 Å². The van der Waals surface area contributed by atoms with Crippen LogP contribution in [0.1, 0.15) is 25.5 Å². The van der Waals surface area contributed by atoms with Crippen LogP contribution in [0.15, 0.2) is 18.5 Å². The number of anilines is 2. The Morgan fingerprint density at radius 2 is 2.23 bits per heavy atom. The molecule has 2 heterocycles. The number of carbonyl (C=O) groups excluding carboxylic acids is 1. The SMILES string of the molecule is CCCCn1cc(NC(=O)Nc2ccnc(C)c2OC)nn1. The molecule has 0 unspecified atom stereocenters. The van der Waals surface area contributed by atoms with Gasteiger partial charge in [-0.15, -0.1) is 5.10 Å². The molecule has 2 aromatic heterocycles. The molecule has 2 rings (SSSR count). The predicted molar refractivity (Wildman–Crippen MR) is 83.1 cm³/mol. The van der Waals surface area contributed by atoms with Crippen LogP contribution in [-0.2, 0) is 6.54 Å². The van der Waals surface area contributed by atoms with Gasteiger partial charge in [0.05, 0.1) is 24.7 Å². The topological polar surface area (TPSA) is 94.0 Å². The predicted octanol–water partition coefficient (Wildman–Crippen LogP) is 2.43. The normalized spacial score (nSPS) is 10.3. The number of rotatable bonds is 6. The molecule has 2 N–H and O–H groups in total. The van der Waals surface area contributed by atoms with Crippen molar-refractivity contribution in [2.45, 2.75) is 33.2 Å². The van der Waals surface area contributed by atoms with E-state index in [2.05, 4.69) is 32.9 Å². The largest absolute Gasteiger partial charge is 0.493 e. The Kier molecular flexibility index (Phi) is 5.29. The van der Waals surface area contributed by atoms with Gasteiger partial charge in [0, 0.05) is 12.7 Å². The van der Waals surface area contributed by atoms with Crippen molar-refractivity contribution in [3.63, 3.8) is 0 Å². The minimum Gasteiger partial charge on any atom is -0.493 e. The summed E-state index contributed by atoms with van der Waals surface area (Å²) in [5.41, 5.74) is 1.25. The van der Waals surface area contributed by atoms with Crippen LogP contribution < -0.4 is 15.4 Å². The molecule has 0 bridgehead atoms. The third-order valence-electron chi connectivity index (χ3n) is 3.06. The van der Waals surface area contributed by atoms with E-state index in [1.807, 2.05) is 0 Å². The fourth-order valence-electron chi connectivity index (χ4n) is 1.96. The lowest BCUT2D eigenvalue weighted by Gasteiger charge is -2.11. The first-order chi connectivity index (χ1) is 10.6. The minimum atomic E-state index is -0.411. The molecule has 0 aromatic carbocycles. The number of nitrogens with one attached hydrogen (secondary N) is 2. The summed E-state index contributed by atoms with van der Waals surface area (Å²) >= 11 is 0. The maximum atomic E-state index is 12.0.